The van der Waals surface area contributed by atoms with Gasteiger partial charge in [-0.15, -0.1) is 0 Å². The van der Waals surface area contributed by atoms with Gasteiger partial charge in [0.2, 0.25) is 11.8 Å². The SMILES string of the molecule is CN(C)C(=O)CC1C=CC=C2Oc3ncccc3C(=CCCN3CCC(O)(c4ccc(Cl)cc4)CC3)C=C21. The number of benzene rings is 1. The number of fused-ring (bicyclic) bond motifs is 2. The Morgan fingerprint density at radius 2 is 2.00 bits per heavy atom. The van der Waals surface area contributed by atoms with Crippen LogP contribution in [-0.2, 0) is 10.4 Å². The van der Waals surface area contributed by atoms with Gasteiger partial charge in [-0.05, 0) is 66.8 Å². The van der Waals surface area contributed by atoms with Crippen molar-refractivity contribution in [1.29, 1.82) is 0 Å². The molecule has 1 aromatic carbocycles. The second kappa shape index (κ2) is 11.3. The summed E-state index contributed by atoms with van der Waals surface area (Å²) in [6, 6.07) is 11.5. The van der Waals surface area contributed by atoms with E-state index in [1.807, 2.05) is 48.6 Å². The minimum absolute atomic E-state index is 0.0600. The molecule has 3 aliphatic rings. The third-order valence-corrected chi connectivity index (χ3v) is 7.89. The number of halogens is 1. The zero-order chi connectivity index (χ0) is 26.7. The third-order valence-electron chi connectivity index (χ3n) is 7.64. The first-order chi connectivity index (χ1) is 18.3. The molecule has 198 valence electrons. The number of pyridine rings is 1. The summed E-state index contributed by atoms with van der Waals surface area (Å²) < 4.78 is 6.25. The fraction of sp³-hybridized carbons (Fsp3) is 0.355. The number of piperidine rings is 1. The molecular weight excluding hydrogens is 498 g/mol. The van der Waals surface area contributed by atoms with Crippen LogP contribution in [0.2, 0.25) is 5.02 Å². The van der Waals surface area contributed by atoms with Crippen molar-refractivity contribution in [2.24, 2.45) is 5.92 Å². The van der Waals surface area contributed by atoms with Crippen LogP contribution < -0.4 is 4.74 Å². The first-order valence-electron chi connectivity index (χ1n) is 13.2. The lowest BCUT2D eigenvalue weighted by Crippen LogP contribution is -2.42. The number of aliphatic hydroxyl groups is 1. The van der Waals surface area contributed by atoms with Gasteiger partial charge in [0.15, 0.2) is 0 Å². The molecule has 1 aromatic heterocycles. The number of amides is 1. The highest BCUT2D eigenvalue weighted by atomic mass is 35.5. The molecule has 0 spiro atoms. The van der Waals surface area contributed by atoms with Gasteiger partial charge in [-0.1, -0.05) is 42.0 Å². The number of allylic oxidation sites excluding steroid dienone is 6. The average Bonchev–Trinajstić information content (AvgIpc) is 3.07. The van der Waals surface area contributed by atoms with E-state index in [0.29, 0.717) is 30.2 Å². The quantitative estimate of drug-likeness (QED) is 0.543. The lowest BCUT2D eigenvalue weighted by atomic mass is 9.84. The normalized spacial score (nSPS) is 21.5. The van der Waals surface area contributed by atoms with E-state index < -0.39 is 5.60 Å². The van der Waals surface area contributed by atoms with Crippen LogP contribution in [0.4, 0.5) is 0 Å². The smallest absolute Gasteiger partial charge is 0.227 e. The van der Waals surface area contributed by atoms with Crippen molar-refractivity contribution in [2.45, 2.75) is 31.3 Å². The minimum Gasteiger partial charge on any atom is -0.438 e. The van der Waals surface area contributed by atoms with Crippen LogP contribution >= 0.6 is 11.6 Å². The van der Waals surface area contributed by atoms with Gasteiger partial charge in [-0.25, -0.2) is 4.98 Å². The maximum atomic E-state index is 12.5. The van der Waals surface area contributed by atoms with E-state index in [9.17, 15) is 9.90 Å². The van der Waals surface area contributed by atoms with Gasteiger partial charge in [0, 0.05) is 68.4 Å². The summed E-state index contributed by atoms with van der Waals surface area (Å²) in [6.07, 6.45) is 14.7. The van der Waals surface area contributed by atoms with Crippen LogP contribution in [0.1, 0.15) is 36.8 Å². The monoisotopic (exact) mass is 531 g/mol. The van der Waals surface area contributed by atoms with Gasteiger partial charge in [0.25, 0.3) is 0 Å². The van der Waals surface area contributed by atoms with Gasteiger partial charge in [0.1, 0.15) is 5.76 Å². The van der Waals surface area contributed by atoms with Crippen molar-refractivity contribution in [3.05, 3.63) is 100 Å². The molecule has 6 nitrogen and oxygen atoms in total. The molecule has 1 aliphatic carbocycles. The second-order valence-corrected chi connectivity index (χ2v) is 10.8. The molecule has 1 fully saturated rings. The van der Waals surface area contributed by atoms with Crippen LogP contribution in [0.15, 0.2) is 84.3 Å². The standard InChI is InChI=1S/C31H34ClN3O3/c1-34(2)29(36)21-23-6-3-9-28-27(23)20-22(26-8-4-16-33-30(26)38-28)7-5-17-35-18-14-31(37,15-19-35)24-10-12-25(32)13-11-24/h3-4,6-13,16,20,23,37H,5,14-15,17-19,21H2,1-2H3. The van der Waals surface area contributed by atoms with Crippen molar-refractivity contribution >= 4 is 23.1 Å². The number of hydrogen-bond donors (Lipinski definition) is 1. The van der Waals surface area contributed by atoms with Crippen molar-refractivity contribution < 1.29 is 14.6 Å². The number of carbonyl (C=O) groups is 1. The molecule has 1 N–H and O–H groups in total. The van der Waals surface area contributed by atoms with Crippen molar-refractivity contribution in [3.8, 4) is 5.88 Å². The van der Waals surface area contributed by atoms with Crippen molar-refractivity contribution in [1.82, 2.24) is 14.8 Å². The molecule has 3 heterocycles. The highest BCUT2D eigenvalue weighted by molar-refractivity contribution is 6.30. The highest BCUT2D eigenvalue weighted by Crippen LogP contribution is 2.39. The molecule has 0 bridgehead atoms. The Morgan fingerprint density at radius 3 is 2.74 bits per heavy atom. The van der Waals surface area contributed by atoms with E-state index in [0.717, 1.165) is 54.1 Å². The second-order valence-electron chi connectivity index (χ2n) is 10.4. The van der Waals surface area contributed by atoms with Gasteiger partial charge >= 0.3 is 0 Å². The molecule has 1 amide bonds. The Balaban J connectivity index is 1.31. The summed E-state index contributed by atoms with van der Waals surface area (Å²) >= 11 is 6.03. The Morgan fingerprint density at radius 1 is 1.24 bits per heavy atom. The average molecular weight is 532 g/mol. The van der Waals surface area contributed by atoms with Gasteiger partial charge in [-0.3, -0.25) is 4.79 Å². The van der Waals surface area contributed by atoms with Gasteiger partial charge in [0.05, 0.1) is 5.60 Å². The molecule has 2 aromatic rings. The summed E-state index contributed by atoms with van der Waals surface area (Å²) in [4.78, 5) is 21.0. The zero-order valence-corrected chi connectivity index (χ0v) is 22.7. The Bertz CT molecular complexity index is 1300. The molecular formula is C31H34ClN3O3. The number of rotatable bonds is 6. The number of nitrogens with zero attached hydrogens (tertiary/aromatic N) is 3. The summed E-state index contributed by atoms with van der Waals surface area (Å²) in [5.41, 5.74) is 3.13. The van der Waals surface area contributed by atoms with Crippen LogP contribution in [0.25, 0.3) is 5.57 Å². The maximum Gasteiger partial charge on any atom is 0.227 e. The zero-order valence-electron chi connectivity index (χ0n) is 21.9. The fourth-order valence-corrected chi connectivity index (χ4v) is 5.41. The number of hydrogen-bond acceptors (Lipinski definition) is 5. The number of likely N-dealkylation sites (tertiary alicyclic amines) is 1. The van der Waals surface area contributed by atoms with Gasteiger partial charge < -0.3 is 19.6 Å². The third kappa shape index (κ3) is 5.78. The van der Waals surface area contributed by atoms with Crippen LogP contribution in [0, 0.1) is 5.92 Å². The van der Waals surface area contributed by atoms with Crippen LogP contribution in [0.5, 0.6) is 5.88 Å². The number of ether oxygens (including phenoxy) is 1. The van der Waals surface area contributed by atoms with E-state index in [1.165, 1.54) is 0 Å². The van der Waals surface area contributed by atoms with E-state index in [1.54, 1.807) is 25.2 Å². The Labute approximate surface area is 229 Å². The van der Waals surface area contributed by atoms with Crippen LogP contribution in [-0.4, -0.2) is 59.5 Å². The maximum absolute atomic E-state index is 12.5. The predicted octanol–water partition coefficient (Wildman–Crippen LogP) is 5.36. The predicted molar refractivity (Wildman–Crippen MR) is 151 cm³/mol. The summed E-state index contributed by atoms with van der Waals surface area (Å²) in [5, 5.41) is 11.9. The lowest BCUT2D eigenvalue weighted by molar-refractivity contribution is -0.129. The molecule has 0 radical (unpaired) electrons. The molecule has 38 heavy (non-hydrogen) atoms. The topological polar surface area (TPSA) is 65.9 Å². The molecule has 1 unspecified atom stereocenters. The fourth-order valence-electron chi connectivity index (χ4n) is 5.29. The molecule has 0 saturated carbocycles. The highest BCUT2D eigenvalue weighted by Gasteiger charge is 2.34. The first kappa shape index (κ1) is 26.4. The molecule has 1 atom stereocenters. The molecule has 1 saturated heterocycles. The first-order valence-corrected chi connectivity index (χ1v) is 13.5. The Kier molecular flexibility index (Phi) is 7.84. The number of carbonyl (C=O) groups excluding carboxylic acids is 1. The van der Waals surface area contributed by atoms with Crippen molar-refractivity contribution in [3.63, 3.8) is 0 Å². The largest absolute Gasteiger partial charge is 0.438 e. The van der Waals surface area contributed by atoms with Gasteiger partial charge in [-0.2, -0.15) is 0 Å². The summed E-state index contributed by atoms with van der Waals surface area (Å²) in [6.45, 7) is 2.55. The van der Waals surface area contributed by atoms with Crippen molar-refractivity contribution in [2.75, 3.05) is 33.7 Å². The van der Waals surface area contributed by atoms with E-state index in [-0.39, 0.29) is 11.8 Å². The Hall–Kier alpha value is -3.19. The lowest BCUT2D eigenvalue weighted by Gasteiger charge is -2.38. The van der Waals surface area contributed by atoms with E-state index >= 15 is 0 Å². The summed E-state index contributed by atoms with van der Waals surface area (Å²) in [5.74, 6) is 1.34. The van der Waals surface area contributed by atoms with E-state index in [2.05, 4.69) is 28.1 Å². The molecule has 7 heteroatoms. The molecule has 5 rings (SSSR count). The summed E-state index contributed by atoms with van der Waals surface area (Å²) in [7, 11) is 3.57. The number of aromatic nitrogens is 1. The molecule has 2 aliphatic heterocycles. The minimum atomic E-state index is -0.802. The van der Waals surface area contributed by atoms with E-state index in [4.69, 9.17) is 16.3 Å². The van der Waals surface area contributed by atoms with Crippen LogP contribution in [0.3, 0.4) is 0 Å².